The molecule has 0 saturated heterocycles. The lowest BCUT2D eigenvalue weighted by Gasteiger charge is -2.16. The van der Waals surface area contributed by atoms with Crippen molar-refractivity contribution in [1.29, 1.82) is 0 Å². The zero-order chi connectivity index (χ0) is 17.8. The standard InChI is InChI=1S/C17H19N5O3/c1-3-13(17(24)19-15-8-10(2)25-22-15)20-21-16(23)12-9-18-14-7-5-4-6-11(12)14/h4-9,13,18,20H,3H2,1-2H3,(H,21,23)(H,19,22,24)/t13-/m0/s1. The summed E-state index contributed by atoms with van der Waals surface area (Å²) >= 11 is 0. The van der Waals surface area contributed by atoms with Gasteiger partial charge in [0.2, 0.25) is 5.91 Å². The second-order valence-electron chi connectivity index (χ2n) is 5.62. The van der Waals surface area contributed by atoms with E-state index in [2.05, 4.69) is 26.3 Å². The number of hydrogen-bond acceptors (Lipinski definition) is 5. The maximum atomic E-state index is 12.4. The average molecular weight is 341 g/mol. The summed E-state index contributed by atoms with van der Waals surface area (Å²) in [6.45, 7) is 3.57. The van der Waals surface area contributed by atoms with Crippen LogP contribution >= 0.6 is 0 Å². The molecular weight excluding hydrogens is 322 g/mol. The molecule has 8 heteroatoms. The normalized spacial score (nSPS) is 12.1. The summed E-state index contributed by atoms with van der Waals surface area (Å²) in [6.07, 6.45) is 2.12. The number of benzene rings is 1. The Labute approximate surface area is 143 Å². The number of aryl methyl sites for hydroxylation is 1. The molecule has 1 atom stereocenters. The molecule has 0 radical (unpaired) electrons. The monoisotopic (exact) mass is 341 g/mol. The number of aromatic amines is 1. The van der Waals surface area contributed by atoms with Gasteiger partial charge in [0, 0.05) is 23.2 Å². The maximum absolute atomic E-state index is 12.4. The number of hydrogen-bond donors (Lipinski definition) is 4. The van der Waals surface area contributed by atoms with Crippen molar-refractivity contribution in [1.82, 2.24) is 21.0 Å². The fourth-order valence-electron chi connectivity index (χ4n) is 2.47. The maximum Gasteiger partial charge on any atom is 0.267 e. The van der Waals surface area contributed by atoms with Gasteiger partial charge in [0.05, 0.1) is 5.56 Å². The molecule has 3 rings (SSSR count). The van der Waals surface area contributed by atoms with Crippen LogP contribution in [-0.4, -0.2) is 28.0 Å². The molecule has 8 nitrogen and oxygen atoms in total. The van der Waals surface area contributed by atoms with Crippen LogP contribution in [0.4, 0.5) is 5.82 Å². The van der Waals surface area contributed by atoms with Crippen molar-refractivity contribution in [2.75, 3.05) is 5.32 Å². The first kappa shape index (κ1) is 16.7. The zero-order valence-electron chi connectivity index (χ0n) is 13.9. The van der Waals surface area contributed by atoms with E-state index in [-0.39, 0.29) is 11.8 Å². The number of amides is 2. The topological polar surface area (TPSA) is 112 Å². The van der Waals surface area contributed by atoms with Gasteiger partial charge < -0.3 is 14.8 Å². The average Bonchev–Trinajstić information content (AvgIpc) is 3.21. The molecule has 0 fully saturated rings. The first-order chi connectivity index (χ1) is 12.1. The third-order valence-corrected chi connectivity index (χ3v) is 3.80. The predicted molar refractivity (Wildman–Crippen MR) is 92.8 cm³/mol. The van der Waals surface area contributed by atoms with Crippen molar-refractivity contribution < 1.29 is 14.1 Å². The van der Waals surface area contributed by atoms with Gasteiger partial charge in [-0.15, -0.1) is 0 Å². The molecule has 0 aliphatic carbocycles. The van der Waals surface area contributed by atoms with E-state index in [1.807, 2.05) is 31.2 Å². The van der Waals surface area contributed by atoms with Crippen molar-refractivity contribution >= 4 is 28.5 Å². The second kappa shape index (κ2) is 7.18. The van der Waals surface area contributed by atoms with E-state index in [1.54, 1.807) is 19.2 Å². The number of carbonyl (C=O) groups is 2. The minimum atomic E-state index is -0.605. The van der Waals surface area contributed by atoms with Gasteiger partial charge in [-0.1, -0.05) is 30.3 Å². The molecule has 4 N–H and O–H groups in total. The lowest BCUT2D eigenvalue weighted by molar-refractivity contribution is -0.118. The largest absolute Gasteiger partial charge is 0.360 e. The summed E-state index contributed by atoms with van der Waals surface area (Å²) in [5, 5.41) is 7.17. The highest BCUT2D eigenvalue weighted by Crippen LogP contribution is 2.17. The lowest BCUT2D eigenvalue weighted by Crippen LogP contribution is -2.49. The Kier molecular flexibility index (Phi) is 4.80. The van der Waals surface area contributed by atoms with Crippen LogP contribution in [0, 0.1) is 6.92 Å². The van der Waals surface area contributed by atoms with Gasteiger partial charge in [-0.2, -0.15) is 0 Å². The number of para-hydroxylation sites is 1. The van der Waals surface area contributed by atoms with Gasteiger partial charge >= 0.3 is 0 Å². The summed E-state index contributed by atoms with van der Waals surface area (Å²) in [6, 6.07) is 8.52. The second-order valence-corrected chi connectivity index (χ2v) is 5.62. The Bertz CT molecular complexity index is 898. The first-order valence-electron chi connectivity index (χ1n) is 7.94. The van der Waals surface area contributed by atoms with Crippen molar-refractivity contribution in [3.8, 4) is 0 Å². The number of fused-ring (bicyclic) bond motifs is 1. The Balaban J connectivity index is 1.62. The third kappa shape index (κ3) is 3.69. The molecule has 0 saturated carbocycles. The number of nitrogens with zero attached hydrogens (tertiary/aromatic N) is 1. The molecule has 2 amide bonds. The van der Waals surface area contributed by atoms with Gasteiger partial charge in [0.1, 0.15) is 11.8 Å². The summed E-state index contributed by atoms with van der Waals surface area (Å²) in [5.74, 6) is 0.311. The summed E-state index contributed by atoms with van der Waals surface area (Å²) < 4.78 is 4.91. The number of H-pyrrole nitrogens is 1. The molecule has 0 unspecified atom stereocenters. The van der Waals surface area contributed by atoms with E-state index < -0.39 is 6.04 Å². The van der Waals surface area contributed by atoms with Crippen molar-refractivity contribution in [3.05, 3.63) is 47.9 Å². The molecule has 2 heterocycles. The Morgan fingerprint density at radius 3 is 2.84 bits per heavy atom. The van der Waals surface area contributed by atoms with Crippen molar-refractivity contribution in [3.63, 3.8) is 0 Å². The molecule has 2 aromatic heterocycles. The van der Waals surface area contributed by atoms with Crippen LogP contribution < -0.4 is 16.2 Å². The van der Waals surface area contributed by atoms with E-state index in [0.29, 0.717) is 23.6 Å². The van der Waals surface area contributed by atoms with E-state index in [0.717, 1.165) is 10.9 Å². The molecular formula is C17H19N5O3. The highest BCUT2D eigenvalue weighted by molar-refractivity contribution is 6.06. The van der Waals surface area contributed by atoms with E-state index in [4.69, 9.17) is 4.52 Å². The van der Waals surface area contributed by atoms with Crippen molar-refractivity contribution in [2.45, 2.75) is 26.3 Å². The highest BCUT2D eigenvalue weighted by atomic mass is 16.5. The molecule has 25 heavy (non-hydrogen) atoms. The number of anilines is 1. The van der Waals surface area contributed by atoms with Crippen LogP contribution in [0.2, 0.25) is 0 Å². The van der Waals surface area contributed by atoms with Crippen LogP contribution in [0.15, 0.2) is 41.1 Å². The van der Waals surface area contributed by atoms with Crippen LogP contribution in [0.1, 0.15) is 29.5 Å². The molecule has 0 spiro atoms. The minimum absolute atomic E-state index is 0.310. The van der Waals surface area contributed by atoms with Gasteiger partial charge in [0.15, 0.2) is 5.82 Å². The first-order valence-corrected chi connectivity index (χ1v) is 7.94. The molecule has 0 aliphatic rings. The molecule has 0 aliphatic heterocycles. The van der Waals surface area contributed by atoms with Gasteiger partial charge in [-0.25, -0.2) is 5.43 Å². The van der Waals surface area contributed by atoms with E-state index >= 15 is 0 Å². The molecule has 130 valence electrons. The number of nitrogens with one attached hydrogen (secondary N) is 4. The SMILES string of the molecule is CC[C@H](NNC(=O)c1c[nH]c2ccccc12)C(=O)Nc1cc(C)on1. The summed E-state index contributed by atoms with van der Waals surface area (Å²) in [5.41, 5.74) is 6.73. The summed E-state index contributed by atoms with van der Waals surface area (Å²) in [7, 11) is 0. The fourth-order valence-corrected chi connectivity index (χ4v) is 2.47. The minimum Gasteiger partial charge on any atom is -0.360 e. The van der Waals surface area contributed by atoms with Crippen LogP contribution in [-0.2, 0) is 4.79 Å². The quantitative estimate of drug-likeness (QED) is 0.513. The fraction of sp³-hybridized carbons (Fsp3) is 0.235. The highest BCUT2D eigenvalue weighted by Gasteiger charge is 2.19. The van der Waals surface area contributed by atoms with Crippen LogP contribution in [0.25, 0.3) is 10.9 Å². The smallest absolute Gasteiger partial charge is 0.267 e. The number of carbonyl (C=O) groups excluding carboxylic acids is 2. The Hall–Kier alpha value is -3.13. The van der Waals surface area contributed by atoms with Gasteiger partial charge in [-0.3, -0.25) is 15.0 Å². The Morgan fingerprint density at radius 1 is 1.32 bits per heavy atom. The summed E-state index contributed by atoms with van der Waals surface area (Å²) in [4.78, 5) is 27.7. The van der Waals surface area contributed by atoms with Crippen LogP contribution in [0.5, 0.6) is 0 Å². The number of hydrazine groups is 1. The number of rotatable bonds is 6. The third-order valence-electron chi connectivity index (χ3n) is 3.80. The molecule has 3 aromatic rings. The van der Waals surface area contributed by atoms with Crippen molar-refractivity contribution in [2.24, 2.45) is 0 Å². The Morgan fingerprint density at radius 2 is 2.12 bits per heavy atom. The predicted octanol–water partition coefficient (Wildman–Crippen LogP) is 2.12. The molecule has 0 bridgehead atoms. The van der Waals surface area contributed by atoms with Crippen LogP contribution in [0.3, 0.4) is 0 Å². The lowest BCUT2D eigenvalue weighted by atomic mass is 10.1. The number of aromatic nitrogens is 2. The van der Waals surface area contributed by atoms with Gasteiger partial charge in [0.25, 0.3) is 5.91 Å². The van der Waals surface area contributed by atoms with Gasteiger partial charge in [-0.05, 0) is 19.4 Å². The van der Waals surface area contributed by atoms with E-state index in [1.165, 1.54) is 0 Å². The molecule has 1 aromatic carbocycles. The zero-order valence-corrected chi connectivity index (χ0v) is 13.9. The van der Waals surface area contributed by atoms with E-state index in [9.17, 15) is 9.59 Å².